The quantitative estimate of drug-likeness (QED) is 0.882. The van der Waals surface area contributed by atoms with Crippen molar-refractivity contribution in [2.75, 3.05) is 0 Å². The van der Waals surface area contributed by atoms with Crippen LogP contribution in [0.5, 0.6) is 0 Å². The molecule has 0 spiro atoms. The van der Waals surface area contributed by atoms with E-state index < -0.39 is 11.9 Å². The second kappa shape index (κ2) is 5.68. The molecular formula is C15H17NO2. The Morgan fingerprint density at radius 3 is 2.44 bits per heavy atom. The average molecular weight is 243 g/mol. The highest BCUT2D eigenvalue weighted by Crippen LogP contribution is 2.34. The molecule has 2 rings (SSSR count). The first-order valence-electron chi connectivity index (χ1n) is 6.43. The minimum Gasteiger partial charge on any atom is -0.481 e. The first-order valence-corrected chi connectivity index (χ1v) is 6.43. The Labute approximate surface area is 107 Å². The van der Waals surface area contributed by atoms with Crippen molar-refractivity contribution in [2.24, 2.45) is 5.92 Å². The summed E-state index contributed by atoms with van der Waals surface area (Å²) in [5, 5.41) is 18.1. The molecule has 1 aliphatic carbocycles. The molecule has 0 saturated heterocycles. The molecule has 0 aliphatic heterocycles. The highest BCUT2D eigenvalue weighted by atomic mass is 16.4. The van der Waals surface area contributed by atoms with Crippen LogP contribution < -0.4 is 0 Å². The SMILES string of the molecule is N#Cc1ccc(C(CC2CCCC2)C(=O)O)cc1. The zero-order valence-corrected chi connectivity index (χ0v) is 10.3. The van der Waals surface area contributed by atoms with Crippen molar-refractivity contribution in [2.45, 2.75) is 38.0 Å². The Bertz CT molecular complexity index is 452. The number of carboxylic acid groups (broad SMARTS) is 1. The van der Waals surface area contributed by atoms with Crippen LogP contribution >= 0.6 is 0 Å². The summed E-state index contributed by atoms with van der Waals surface area (Å²) >= 11 is 0. The zero-order valence-electron chi connectivity index (χ0n) is 10.3. The van der Waals surface area contributed by atoms with Gasteiger partial charge in [-0.05, 0) is 30.0 Å². The van der Waals surface area contributed by atoms with Gasteiger partial charge >= 0.3 is 5.97 Å². The number of aliphatic carboxylic acids is 1. The third-order valence-corrected chi connectivity index (χ3v) is 3.78. The van der Waals surface area contributed by atoms with Crippen LogP contribution in [0.1, 0.15) is 49.1 Å². The molecule has 1 aliphatic rings. The van der Waals surface area contributed by atoms with Crippen molar-refractivity contribution in [3.8, 4) is 6.07 Å². The van der Waals surface area contributed by atoms with E-state index in [1.54, 1.807) is 24.3 Å². The molecule has 18 heavy (non-hydrogen) atoms. The number of rotatable bonds is 4. The number of carbonyl (C=O) groups is 1. The van der Waals surface area contributed by atoms with Crippen molar-refractivity contribution < 1.29 is 9.90 Å². The van der Waals surface area contributed by atoms with Gasteiger partial charge in [0.1, 0.15) is 0 Å². The van der Waals surface area contributed by atoms with E-state index in [1.165, 1.54) is 12.8 Å². The molecule has 94 valence electrons. The smallest absolute Gasteiger partial charge is 0.310 e. The summed E-state index contributed by atoms with van der Waals surface area (Å²) in [6, 6.07) is 8.98. The van der Waals surface area contributed by atoms with Crippen LogP contribution in [0.15, 0.2) is 24.3 Å². The maximum absolute atomic E-state index is 11.4. The van der Waals surface area contributed by atoms with E-state index in [9.17, 15) is 9.90 Å². The molecule has 3 heteroatoms. The third kappa shape index (κ3) is 2.89. The lowest BCUT2D eigenvalue weighted by atomic mass is 9.88. The van der Waals surface area contributed by atoms with Gasteiger partial charge in [-0.15, -0.1) is 0 Å². The Balaban J connectivity index is 2.13. The minimum atomic E-state index is -0.758. The van der Waals surface area contributed by atoms with Gasteiger partial charge in [-0.25, -0.2) is 0 Å². The van der Waals surface area contributed by atoms with Crippen molar-refractivity contribution in [3.63, 3.8) is 0 Å². The van der Waals surface area contributed by atoms with Crippen molar-refractivity contribution in [1.29, 1.82) is 5.26 Å². The van der Waals surface area contributed by atoms with Crippen LogP contribution in [0.25, 0.3) is 0 Å². The Morgan fingerprint density at radius 2 is 1.94 bits per heavy atom. The summed E-state index contributed by atoms with van der Waals surface area (Å²) in [4.78, 5) is 11.4. The standard InChI is InChI=1S/C15H17NO2/c16-10-12-5-7-13(8-6-12)14(15(17)18)9-11-3-1-2-4-11/h5-8,11,14H,1-4,9H2,(H,17,18). The molecule has 1 fully saturated rings. The zero-order chi connectivity index (χ0) is 13.0. The minimum absolute atomic E-state index is 0.430. The van der Waals surface area contributed by atoms with Crippen LogP contribution in [0.4, 0.5) is 0 Å². The van der Waals surface area contributed by atoms with E-state index in [1.807, 2.05) is 6.07 Å². The van der Waals surface area contributed by atoms with Gasteiger partial charge < -0.3 is 5.11 Å². The first kappa shape index (κ1) is 12.6. The molecule has 1 aromatic carbocycles. The fraction of sp³-hybridized carbons (Fsp3) is 0.467. The molecule has 3 nitrogen and oxygen atoms in total. The van der Waals surface area contributed by atoms with E-state index in [2.05, 4.69) is 0 Å². The molecule has 0 radical (unpaired) electrons. The van der Waals surface area contributed by atoms with Gasteiger partial charge in [-0.3, -0.25) is 4.79 Å². The summed E-state index contributed by atoms with van der Waals surface area (Å²) < 4.78 is 0. The van der Waals surface area contributed by atoms with Crippen molar-refractivity contribution >= 4 is 5.97 Å². The van der Waals surface area contributed by atoms with E-state index in [0.717, 1.165) is 24.8 Å². The molecule has 0 bridgehead atoms. The third-order valence-electron chi connectivity index (χ3n) is 3.78. The Morgan fingerprint density at radius 1 is 1.33 bits per heavy atom. The van der Waals surface area contributed by atoms with Crippen LogP contribution in [-0.2, 0) is 4.79 Å². The summed E-state index contributed by atoms with van der Waals surface area (Å²) in [6.45, 7) is 0. The molecular weight excluding hydrogens is 226 g/mol. The maximum atomic E-state index is 11.4. The lowest BCUT2D eigenvalue weighted by Crippen LogP contribution is -2.15. The van der Waals surface area contributed by atoms with Gasteiger partial charge in [-0.2, -0.15) is 5.26 Å². The molecule has 0 amide bonds. The van der Waals surface area contributed by atoms with Gasteiger partial charge in [0.2, 0.25) is 0 Å². The average Bonchev–Trinajstić information content (AvgIpc) is 2.89. The monoisotopic (exact) mass is 243 g/mol. The highest BCUT2D eigenvalue weighted by molar-refractivity contribution is 5.76. The first-order chi connectivity index (χ1) is 8.70. The lowest BCUT2D eigenvalue weighted by molar-refractivity contribution is -0.139. The summed E-state index contributed by atoms with van der Waals surface area (Å²) in [5.74, 6) is -0.644. The van der Waals surface area contributed by atoms with Crippen LogP contribution in [-0.4, -0.2) is 11.1 Å². The fourth-order valence-electron chi connectivity index (χ4n) is 2.75. The number of carboxylic acids is 1. The summed E-state index contributed by atoms with van der Waals surface area (Å²) in [5.41, 5.74) is 1.39. The number of benzene rings is 1. The van der Waals surface area contributed by atoms with Crippen LogP contribution in [0.3, 0.4) is 0 Å². The predicted octanol–water partition coefficient (Wildman–Crippen LogP) is 3.31. The second-order valence-electron chi connectivity index (χ2n) is 5.01. The Hall–Kier alpha value is -1.82. The molecule has 0 aromatic heterocycles. The van der Waals surface area contributed by atoms with E-state index in [0.29, 0.717) is 11.5 Å². The molecule has 1 aromatic rings. The van der Waals surface area contributed by atoms with Crippen LogP contribution in [0, 0.1) is 17.2 Å². The van der Waals surface area contributed by atoms with Crippen molar-refractivity contribution in [3.05, 3.63) is 35.4 Å². The number of nitrogens with zero attached hydrogens (tertiary/aromatic N) is 1. The fourth-order valence-corrected chi connectivity index (χ4v) is 2.75. The van der Waals surface area contributed by atoms with Gasteiger partial charge in [0.05, 0.1) is 17.6 Å². The second-order valence-corrected chi connectivity index (χ2v) is 5.01. The number of hydrogen-bond acceptors (Lipinski definition) is 2. The number of nitriles is 1. The van der Waals surface area contributed by atoms with E-state index >= 15 is 0 Å². The molecule has 0 heterocycles. The lowest BCUT2D eigenvalue weighted by Gasteiger charge is -2.17. The Kier molecular flexibility index (Phi) is 3.99. The van der Waals surface area contributed by atoms with Crippen molar-refractivity contribution in [1.82, 2.24) is 0 Å². The van der Waals surface area contributed by atoms with Crippen LogP contribution in [0.2, 0.25) is 0 Å². The largest absolute Gasteiger partial charge is 0.481 e. The van der Waals surface area contributed by atoms with Gasteiger partial charge in [-0.1, -0.05) is 37.8 Å². The summed E-state index contributed by atoms with van der Waals surface area (Å²) in [7, 11) is 0. The van der Waals surface area contributed by atoms with Gasteiger partial charge in [0.25, 0.3) is 0 Å². The normalized spacial score (nSPS) is 17.3. The summed E-state index contributed by atoms with van der Waals surface area (Å²) in [6.07, 6.45) is 5.48. The molecule has 1 unspecified atom stereocenters. The molecule has 1 N–H and O–H groups in total. The topological polar surface area (TPSA) is 61.1 Å². The van der Waals surface area contributed by atoms with E-state index in [4.69, 9.17) is 5.26 Å². The van der Waals surface area contributed by atoms with Gasteiger partial charge in [0, 0.05) is 0 Å². The maximum Gasteiger partial charge on any atom is 0.310 e. The highest BCUT2D eigenvalue weighted by Gasteiger charge is 2.26. The van der Waals surface area contributed by atoms with Gasteiger partial charge in [0.15, 0.2) is 0 Å². The predicted molar refractivity (Wildman–Crippen MR) is 68.1 cm³/mol. The molecule has 1 atom stereocenters. The van der Waals surface area contributed by atoms with E-state index in [-0.39, 0.29) is 0 Å². The molecule has 1 saturated carbocycles. The number of hydrogen-bond donors (Lipinski definition) is 1.